The number of fused-ring (bicyclic) bond motifs is 1. The smallest absolute Gasteiger partial charge is 0.246 e. The predicted molar refractivity (Wildman–Crippen MR) is 113 cm³/mol. The minimum absolute atomic E-state index is 0.00210. The van der Waals surface area contributed by atoms with Crippen molar-refractivity contribution in [2.45, 2.75) is 12.1 Å². The van der Waals surface area contributed by atoms with Crippen molar-refractivity contribution in [1.82, 2.24) is 30.3 Å². The number of benzene rings is 1. The summed E-state index contributed by atoms with van der Waals surface area (Å²) in [7, 11) is 0. The number of aromatic nitrogens is 5. The lowest BCUT2D eigenvalue weighted by molar-refractivity contribution is -0.125. The summed E-state index contributed by atoms with van der Waals surface area (Å²) in [6, 6.07) is 10.5. The number of H-pyrrole nitrogens is 2. The summed E-state index contributed by atoms with van der Waals surface area (Å²) >= 11 is 0. The van der Waals surface area contributed by atoms with E-state index in [0.717, 1.165) is 5.56 Å². The molecule has 1 aliphatic heterocycles. The number of phenolic OH excluding ortho intramolecular Hbond substituents is 1. The summed E-state index contributed by atoms with van der Waals surface area (Å²) in [5, 5.41) is 26.4. The zero-order chi connectivity index (χ0) is 21.5. The van der Waals surface area contributed by atoms with E-state index in [4.69, 9.17) is 0 Å². The highest BCUT2D eigenvalue weighted by atomic mass is 19.1. The molecule has 0 saturated carbocycles. The minimum atomic E-state index is -1.25. The summed E-state index contributed by atoms with van der Waals surface area (Å²) in [5.41, 5.74) is 3.55. The van der Waals surface area contributed by atoms with E-state index in [9.17, 15) is 9.90 Å². The quantitative estimate of drug-likeness (QED) is 0.441. The van der Waals surface area contributed by atoms with Gasteiger partial charge in [0.05, 0.1) is 23.9 Å². The molecule has 4 aromatic rings. The van der Waals surface area contributed by atoms with Crippen molar-refractivity contribution in [2.75, 3.05) is 13.1 Å². The van der Waals surface area contributed by atoms with Gasteiger partial charge >= 0.3 is 0 Å². The maximum Gasteiger partial charge on any atom is 0.246 e. The van der Waals surface area contributed by atoms with Gasteiger partial charge in [-0.25, -0.2) is 4.39 Å². The van der Waals surface area contributed by atoms with Crippen LogP contribution < -0.4 is 0 Å². The van der Waals surface area contributed by atoms with Crippen LogP contribution in [0.4, 0.5) is 4.39 Å². The molecule has 8 nitrogen and oxygen atoms in total. The van der Waals surface area contributed by atoms with Crippen LogP contribution in [0.15, 0.2) is 55.3 Å². The van der Waals surface area contributed by atoms with Crippen LogP contribution in [0, 0.1) is 0 Å². The third kappa shape index (κ3) is 3.14. The van der Waals surface area contributed by atoms with Crippen molar-refractivity contribution in [3.05, 3.63) is 60.9 Å². The molecule has 2 unspecified atom stereocenters. The Hall–Kier alpha value is -4.01. The Bertz CT molecular complexity index is 1280. The van der Waals surface area contributed by atoms with E-state index in [0.29, 0.717) is 33.7 Å². The van der Waals surface area contributed by atoms with Crippen LogP contribution in [-0.4, -0.2) is 60.6 Å². The Morgan fingerprint density at radius 1 is 1.26 bits per heavy atom. The average Bonchev–Trinajstić information content (AvgIpc) is 3.50. The summed E-state index contributed by atoms with van der Waals surface area (Å²) < 4.78 is 15.0. The summed E-state index contributed by atoms with van der Waals surface area (Å²) in [6.45, 7) is 3.72. The molecule has 1 amide bonds. The first-order chi connectivity index (χ1) is 15.1. The molecule has 1 aromatic carbocycles. The summed E-state index contributed by atoms with van der Waals surface area (Å²) in [5.74, 6) is -0.774. The van der Waals surface area contributed by atoms with Crippen LogP contribution in [0.3, 0.4) is 0 Å². The van der Waals surface area contributed by atoms with E-state index < -0.39 is 12.1 Å². The first kappa shape index (κ1) is 19.0. The highest BCUT2D eigenvalue weighted by Crippen LogP contribution is 2.40. The molecule has 1 aliphatic rings. The second-order valence-electron chi connectivity index (χ2n) is 7.46. The second kappa shape index (κ2) is 7.35. The first-order valence-electron chi connectivity index (χ1n) is 9.79. The highest BCUT2D eigenvalue weighted by molar-refractivity contribution is 5.97. The van der Waals surface area contributed by atoms with Gasteiger partial charge in [0.2, 0.25) is 5.91 Å². The molecule has 31 heavy (non-hydrogen) atoms. The Labute approximate surface area is 176 Å². The van der Waals surface area contributed by atoms with Gasteiger partial charge in [0, 0.05) is 34.9 Å². The summed E-state index contributed by atoms with van der Waals surface area (Å²) in [4.78, 5) is 16.7. The van der Waals surface area contributed by atoms with Crippen molar-refractivity contribution in [1.29, 1.82) is 0 Å². The standard InChI is InChI=1S/C22H19FN6O2/c1-2-19(31)29-10-14(15(23)11-29)21-20(16-7-8-24-26-16)13-9-17(27-28-22(13)25-21)12-5-3-4-6-18(12)30/h2-9,14-15,30H,1,10-11H2,(H,24,26)(H,25,28). The maximum atomic E-state index is 15.0. The molecule has 3 aromatic heterocycles. The van der Waals surface area contributed by atoms with Crippen LogP contribution in [0.5, 0.6) is 5.75 Å². The van der Waals surface area contributed by atoms with Crippen molar-refractivity contribution in [3.63, 3.8) is 0 Å². The zero-order valence-electron chi connectivity index (χ0n) is 16.4. The number of carbonyl (C=O) groups excluding carboxylic acids is 1. The van der Waals surface area contributed by atoms with Gasteiger partial charge in [0.15, 0.2) is 5.65 Å². The van der Waals surface area contributed by atoms with E-state index in [1.165, 1.54) is 11.0 Å². The van der Waals surface area contributed by atoms with E-state index in [1.54, 1.807) is 36.5 Å². The number of para-hydroxylation sites is 1. The third-order valence-corrected chi connectivity index (χ3v) is 5.64. The molecule has 4 heterocycles. The fourth-order valence-electron chi connectivity index (χ4n) is 4.14. The number of carbonyl (C=O) groups is 1. The number of phenols is 1. The first-order valence-corrected chi connectivity index (χ1v) is 9.79. The van der Waals surface area contributed by atoms with Gasteiger partial charge < -0.3 is 15.0 Å². The van der Waals surface area contributed by atoms with E-state index in [2.05, 4.69) is 32.0 Å². The molecular formula is C22H19FN6O2. The van der Waals surface area contributed by atoms with Crippen molar-refractivity contribution in [2.24, 2.45) is 0 Å². The predicted octanol–water partition coefficient (Wildman–Crippen LogP) is 3.17. The number of rotatable bonds is 4. The van der Waals surface area contributed by atoms with Crippen molar-refractivity contribution < 1.29 is 14.3 Å². The van der Waals surface area contributed by atoms with Gasteiger partial charge in [-0.15, -0.1) is 10.2 Å². The number of hydrogen-bond acceptors (Lipinski definition) is 5. The Morgan fingerprint density at radius 3 is 2.84 bits per heavy atom. The molecule has 3 N–H and O–H groups in total. The fraction of sp³-hybridized carbons (Fsp3) is 0.182. The number of amides is 1. The molecule has 2 atom stereocenters. The largest absolute Gasteiger partial charge is 0.507 e. The zero-order valence-corrected chi connectivity index (χ0v) is 16.4. The van der Waals surface area contributed by atoms with Gasteiger partial charge in [0.1, 0.15) is 11.9 Å². The van der Waals surface area contributed by atoms with Crippen LogP contribution in [-0.2, 0) is 4.79 Å². The monoisotopic (exact) mass is 418 g/mol. The number of aromatic amines is 2. The van der Waals surface area contributed by atoms with Gasteiger partial charge in [-0.1, -0.05) is 18.7 Å². The Morgan fingerprint density at radius 2 is 2.10 bits per heavy atom. The Kier molecular flexibility index (Phi) is 4.50. The van der Waals surface area contributed by atoms with Gasteiger partial charge in [-0.2, -0.15) is 5.10 Å². The second-order valence-corrected chi connectivity index (χ2v) is 7.46. The molecule has 0 radical (unpaired) electrons. The SMILES string of the molecule is C=CC(=O)N1CC(F)C(c2[nH]c3nnc(-c4ccccc4O)cc3c2-c2ccn[nH]2)C1. The highest BCUT2D eigenvalue weighted by Gasteiger charge is 2.38. The average molecular weight is 418 g/mol. The van der Waals surface area contributed by atoms with Crippen LogP contribution >= 0.6 is 0 Å². The van der Waals surface area contributed by atoms with Crippen molar-refractivity contribution in [3.8, 4) is 28.3 Å². The molecule has 156 valence electrons. The fourth-order valence-corrected chi connectivity index (χ4v) is 4.14. The lowest BCUT2D eigenvalue weighted by Crippen LogP contribution is -2.27. The van der Waals surface area contributed by atoms with Crippen molar-refractivity contribution >= 4 is 16.9 Å². The minimum Gasteiger partial charge on any atom is -0.507 e. The molecule has 5 rings (SSSR count). The third-order valence-electron chi connectivity index (χ3n) is 5.64. The molecule has 0 spiro atoms. The number of hydrogen-bond donors (Lipinski definition) is 3. The number of nitrogens with one attached hydrogen (secondary N) is 2. The van der Waals surface area contributed by atoms with E-state index in [-0.39, 0.29) is 24.7 Å². The number of alkyl halides is 1. The lowest BCUT2D eigenvalue weighted by atomic mass is 9.96. The lowest BCUT2D eigenvalue weighted by Gasteiger charge is -2.14. The molecule has 9 heteroatoms. The maximum absolute atomic E-state index is 15.0. The Balaban J connectivity index is 1.67. The molecule has 0 bridgehead atoms. The van der Waals surface area contributed by atoms with Crippen LogP contribution in [0.25, 0.3) is 33.5 Å². The van der Waals surface area contributed by atoms with Crippen LogP contribution in [0.2, 0.25) is 0 Å². The number of halogens is 1. The molecule has 1 saturated heterocycles. The van der Waals surface area contributed by atoms with Gasteiger partial charge in [-0.3, -0.25) is 9.89 Å². The van der Waals surface area contributed by atoms with Gasteiger partial charge in [0.25, 0.3) is 0 Å². The molecule has 0 aliphatic carbocycles. The number of aromatic hydroxyl groups is 1. The number of nitrogens with zero attached hydrogens (tertiary/aromatic N) is 4. The molecular weight excluding hydrogens is 399 g/mol. The van der Waals surface area contributed by atoms with Crippen LogP contribution in [0.1, 0.15) is 11.6 Å². The summed E-state index contributed by atoms with van der Waals surface area (Å²) in [6.07, 6.45) is 1.57. The molecule has 1 fully saturated rings. The topological polar surface area (TPSA) is 111 Å². The van der Waals surface area contributed by atoms with Gasteiger partial charge in [-0.05, 0) is 30.3 Å². The van der Waals surface area contributed by atoms with E-state index in [1.807, 2.05) is 6.07 Å². The normalized spacial score (nSPS) is 18.5. The number of likely N-dealkylation sites (tertiary alicyclic amines) is 1. The van der Waals surface area contributed by atoms with E-state index >= 15 is 4.39 Å².